The number of benzene rings is 4. The number of thioether (sulfide) groups is 1. The summed E-state index contributed by atoms with van der Waals surface area (Å²) in [6, 6.07) is 32.4. The van der Waals surface area contributed by atoms with Crippen LogP contribution in [-0.4, -0.2) is 48.1 Å². The molecule has 0 fully saturated rings. The molecule has 6 nitrogen and oxygen atoms in total. The number of ether oxygens (including phenoxy) is 3. The number of hydrogen-bond acceptors (Lipinski definition) is 6. The zero-order chi connectivity index (χ0) is 33.5. The molecule has 47 heavy (non-hydrogen) atoms. The molecule has 0 spiro atoms. The van der Waals surface area contributed by atoms with Gasteiger partial charge in [0.15, 0.2) is 0 Å². The average Bonchev–Trinajstić information content (AvgIpc) is 3.08. The first kappa shape index (κ1) is 35.6. The van der Waals surface area contributed by atoms with Crippen LogP contribution in [0.1, 0.15) is 51.6 Å². The summed E-state index contributed by atoms with van der Waals surface area (Å²) < 4.78 is 56.2. The van der Waals surface area contributed by atoms with Crippen molar-refractivity contribution >= 4 is 23.5 Å². The van der Waals surface area contributed by atoms with Crippen LogP contribution in [0.3, 0.4) is 0 Å². The van der Waals surface area contributed by atoms with Crippen molar-refractivity contribution in [3.63, 3.8) is 0 Å². The largest absolute Gasteiger partial charge is 0.491 e. The molecule has 2 atom stereocenters. The van der Waals surface area contributed by atoms with Crippen molar-refractivity contribution in [3.05, 3.63) is 131 Å². The molecule has 0 saturated carbocycles. The third-order valence-electron chi connectivity index (χ3n) is 7.24. The maximum Gasteiger partial charge on any atom is 0.454 e. The highest BCUT2D eigenvalue weighted by Crippen LogP contribution is 2.35. The van der Waals surface area contributed by atoms with Crippen LogP contribution in [0.15, 0.2) is 109 Å². The molecule has 0 aliphatic heterocycles. The molecule has 0 aliphatic rings. The van der Waals surface area contributed by atoms with Crippen LogP contribution in [0.4, 0.5) is 13.2 Å². The van der Waals surface area contributed by atoms with Gasteiger partial charge in [0.1, 0.15) is 30.8 Å². The molecular weight excluding hydrogens is 629 g/mol. The number of ketones is 1. The van der Waals surface area contributed by atoms with E-state index >= 15 is 0 Å². The lowest BCUT2D eigenvalue weighted by Gasteiger charge is -2.20. The minimum atomic E-state index is -4.95. The normalized spacial score (nSPS) is 12.7. The molecule has 4 rings (SSSR count). The fraction of sp³-hybridized carbons (Fsp3) is 0.297. The molecule has 248 valence electrons. The number of hydrogen-bond donors (Lipinski definition) is 1. The Bertz CT molecular complexity index is 1510. The molecular formula is C37H37F3O6S. The van der Waals surface area contributed by atoms with E-state index in [1.54, 1.807) is 11.8 Å². The number of carboxylic acid groups (broad SMARTS) is 1. The van der Waals surface area contributed by atoms with E-state index in [1.807, 2.05) is 72.8 Å². The summed E-state index contributed by atoms with van der Waals surface area (Å²) >= 11 is 1.64. The third kappa shape index (κ3) is 12.4. The molecule has 0 amide bonds. The summed E-state index contributed by atoms with van der Waals surface area (Å²) in [6.45, 7) is 0.500. The Labute approximate surface area is 276 Å². The van der Waals surface area contributed by atoms with Gasteiger partial charge in [-0.3, -0.25) is 9.59 Å². The van der Waals surface area contributed by atoms with Crippen molar-refractivity contribution in [1.82, 2.24) is 0 Å². The van der Waals surface area contributed by atoms with Crippen LogP contribution in [0.5, 0.6) is 11.5 Å². The van der Waals surface area contributed by atoms with Gasteiger partial charge in [-0.1, -0.05) is 72.8 Å². The number of carbonyl (C=O) groups excluding carboxylic acids is 1. The van der Waals surface area contributed by atoms with Crippen molar-refractivity contribution in [3.8, 4) is 11.5 Å². The smallest absolute Gasteiger partial charge is 0.454 e. The van der Waals surface area contributed by atoms with E-state index in [1.165, 1.54) is 17.7 Å². The van der Waals surface area contributed by atoms with Crippen LogP contribution >= 0.6 is 11.8 Å². The fourth-order valence-electron chi connectivity index (χ4n) is 4.73. The number of rotatable bonds is 19. The topological polar surface area (TPSA) is 82.1 Å². The Morgan fingerprint density at radius 2 is 1.30 bits per heavy atom. The maximum absolute atomic E-state index is 12.8. The number of aryl methyl sites for hydroxylation is 1. The second-order valence-corrected chi connectivity index (χ2v) is 12.2. The number of carboxylic acids is 1. The molecule has 0 saturated heterocycles. The number of Topliss-reactive ketones (excluding diaryl/α,β-unsaturated/α-hetero) is 1. The van der Waals surface area contributed by atoms with E-state index in [-0.39, 0.29) is 24.9 Å². The average molecular weight is 667 g/mol. The van der Waals surface area contributed by atoms with Gasteiger partial charge in [-0.25, -0.2) is 0 Å². The molecule has 0 bridgehead atoms. The highest BCUT2D eigenvalue weighted by Gasteiger charge is 2.39. The van der Waals surface area contributed by atoms with Gasteiger partial charge in [0.2, 0.25) is 0 Å². The van der Waals surface area contributed by atoms with Crippen molar-refractivity contribution in [2.75, 3.05) is 19.0 Å². The van der Waals surface area contributed by atoms with Gasteiger partial charge in [0.25, 0.3) is 5.78 Å². The van der Waals surface area contributed by atoms with Gasteiger partial charge < -0.3 is 19.3 Å². The van der Waals surface area contributed by atoms with Crippen molar-refractivity contribution in [1.29, 1.82) is 0 Å². The summed E-state index contributed by atoms with van der Waals surface area (Å²) in [5.74, 6) is -1.29. The highest BCUT2D eigenvalue weighted by molar-refractivity contribution is 7.99. The molecule has 1 unspecified atom stereocenters. The Hall–Kier alpha value is -4.28. The van der Waals surface area contributed by atoms with E-state index in [2.05, 4.69) is 12.1 Å². The number of halogens is 3. The zero-order valence-electron chi connectivity index (χ0n) is 25.7. The first-order chi connectivity index (χ1) is 22.7. The Kier molecular flexibility index (Phi) is 13.7. The Morgan fingerprint density at radius 3 is 1.85 bits per heavy atom. The fourth-order valence-corrected chi connectivity index (χ4v) is 5.99. The van der Waals surface area contributed by atoms with Crippen LogP contribution in [-0.2, 0) is 22.6 Å². The van der Waals surface area contributed by atoms with E-state index in [9.17, 15) is 22.8 Å². The first-order valence-electron chi connectivity index (χ1n) is 15.3. The highest BCUT2D eigenvalue weighted by atomic mass is 32.2. The summed E-state index contributed by atoms with van der Waals surface area (Å²) in [5.41, 5.74) is 2.85. The van der Waals surface area contributed by atoms with E-state index in [0.29, 0.717) is 23.9 Å². The Balaban J connectivity index is 1.36. The number of alkyl halides is 3. The standard InChI is InChI=1S/C37H37F3O6S/c38-37(39,40)36(43)30-16-20-32(21-17-30)46-26-33(44-24-28-10-5-2-6-11-28)25-45-31-18-14-29(15-19-31)34(47-23-22-35(41)42)13-7-12-27-8-3-1-4-9-27/h1-6,8-11,14-21,33-34H,7,12-13,22-26H2,(H,41,42)/t33?,34-/m1/s1. The van der Waals surface area contributed by atoms with Crippen LogP contribution in [0, 0.1) is 0 Å². The van der Waals surface area contributed by atoms with E-state index < -0.39 is 29.6 Å². The summed E-state index contributed by atoms with van der Waals surface area (Å²) in [7, 11) is 0. The molecule has 0 aliphatic carbocycles. The van der Waals surface area contributed by atoms with Crippen LogP contribution in [0.25, 0.3) is 0 Å². The van der Waals surface area contributed by atoms with Gasteiger partial charge >= 0.3 is 12.1 Å². The minimum absolute atomic E-state index is 0.0567. The maximum atomic E-state index is 12.8. The van der Waals surface area contributed by atoms with Crippen molar-refractivity contribution in [2.45, 2.75) is 49.8 Å². The number of carbonyl (C=O) groups is 2. The molecule has 10 heteroatoms. The molecule has 0 heterocycles. The van der Waals surface area contributed by atoms with Crippen molar-refractivity contribution in [2.24, 2.45) is 0 Å². The molecule has 1 N–H and O–H groups in total. The van der Waals surface area contributed by atoms with Gasteiger partial charge in [-0.15, -0.1) is 0 Å². The second-order valence-electron chi connectivity index (χ2n) is 10.8. The number of aliphatic carboxylic acids is 1. The first-order valence-corrected chi connectivity index (χ1v) is 16.3. The van der Waals surface area contributed by atoms with Gasteiger partial charge in [-0.05, 0) is 72.4 Å². The quantitative estimate of drug-likeness (QED) is 0.100. The lowest BCUT2D eigenvalue weighted by atomic mass is 10.0. The summed E-state index contributed by atoms with van der Waals surface area (Å²) in [6.07, 6.45) is -2.56. The van der Waals surface area contributed by atoms with Gasteiger partial charge in [0.05, 0.1) is 13.0 Å². The Morgan fingerprint density at radius 1 is 0.745 bits per heavy atom. The zero-order valence-corrected chi connectivity index (χ0v) is 26.6. The SMILES string of the molecule is O=C(O)CCS[C@H](CCCc1ccccc1)c1ccc(OCC(COc2ccc(C(=O)C(F)(F)F)cc2)OCc2ccccc2)cc1. The molecule has 4 aromatic carbocycles. The lowest BCUT2D eigenvalue weighted by molar-refractivity contribution is -0.136. The van der Waals surface area contributed by atoms with E-state index in [4.69, 9.17) is 19.3 Å². The second kappa shape index (κ2) is 18.2. The predicted octanol–water partition coefficient (Wildman–Crippen LogP) is 8.75. The van der Waals surface area contributed by atoms with Crippen LogP contribution in [0.2, 0.25) is 0 Å². The molecule has 0 aromatic heterocycles. The lowest BCUT2D eigenvalue weighted by Crippen LogP contribution is -2.28. The molecule has 0 radical (unpaired) electrons. The van der Waals surface area contributed by atoms with E-state index in [0.717, 1.165) is 42.5 Å². The monoisotopic (exact) mass is 666 g/mol. The van der Waals surface area contributed by atoms with Gasteiger partial charge in [0, 0.05) is 16.6 Å². The molecule has 4 aromatic rings. The predicted molar refractivity (Wildman–Crippen MR) is 176 cm³/mol. The minimum Gasteiger partial charge on any atom is -0.491 e. The summed E-state index contributed by atoms with van der Waals surface area (Å²) in [4.78, 5) is 22.6. The third-order valence-corrected chi connectivity index (χ3v) is 8.59. The van der Waals surface area contributed by atoms with Crippen LogP contribution < -0.4 is 9.47 Å². The van der Waals surface area contributed by atoms with Crippen molar-refractivity contribution < 1.29 is 42.1 Å². The summed E-state index contributed by atoms with van der Waals surface area (Å²) in [5, 5.41) is 9.27. The van der Waals surface area contributed by atoms with Gasteiger partial charge in [-0.2, -0.15) is 24.9 Å².